The van der Waals surface area contributed by atoms with Crippen LogP contribution in [0, 0.1) is 0 Å². The summed E-state index contributed by atoms with van der Waals surface area (Å²) in [6, 6.07) is 20.4. The number of hydrogen-bond acceptors (Lipinski definition) is 2. The van der Waals surface area contributed by atoms with Crippen molar-refractivity contribution in [2.24, 2.45) is 0 Å². The molecule has 0 radical (unpaired) electrons. The highest BCUT2D eigenvalue weighted by molar-refractivity contribution is 6.09. The van der Waals surface area contributed by atoms with Gasteiger partial charge in [0.05, 0.1) is 0 Å². The molecular weight excluding hydrogens is 339 g/mol. The lowest BCUT2D eigenvalue weighted by Gasteiger charge is -2.33. The summed E-state index contributed by atoms with van der Waals surface area (Å²) >= 11 is 0. The fourth-order valence-corrected chi connectivity index (χ4v) is 3.69. The topological polar surface area (TPSA) is 15.3 Å². The van der Waals surface area contributed by atoms with Gasteiger partial charge in [-0.25, -0.2) is 0 Å². The second-order valence-electron chi connectivity index (χ2n) is 6.19. The van der Waals surface area contributed by atoms with Crippen molar-refractivity contribution in [2.45, 2.75) is 13.0 Å². The van der Waals surface area contributed by atoms with E-state index in [0.717, 1.165) is 26.2 Å². The summed E-state index contributed by atoms with van der Waals surface area (Å²) in [5.41, 5.74) is 1.45. The van der Waals surface area contributed by atoms with Crippen molar-refractivity contribution >= 4 is 46.4 Å². The van der Waals surface area contributed by atoms with Crippen LogP contribution in [0.25, 0.3) is 21.5 Å². The number of hydrogen-bond donors (Lipinski definition) is 1. The van der Waals surface area contributed by atoms with Crippen LogP contribution in [-0.4, -0.2) is 31.1 Å². The first-order valence-electron chi connectivity index (χ1n) is 8.20. The molecule has 1 N–H and O–H groups in total. The van der Waals surface area contributed by atoms with E-state index >= 15 is 0 Å². The van der Waals surface area contributed by atoms with Crippen LogP contribution in [0.3, 0.4) is 0 Å². The summed E-state index contributed by atoms with van der Waals surface area (Å²) < 4.78 is 0. The Morgan fingerprint density at radius 3 is 2.12 bits per heavy atom. The van der Waals surface area contributed by atoms with Gasteiger partial charge in [0.15, 0.2) is 0 Å². The van der Waals surface area contributed by atoms with Gasteiger partial charge in [-0.15, -0.1) is 24.8 Å². The summed E-state index contributed by atoms with van der Waals surface area (Å²) in [5.74, 6) is 0. The number of piperazine rings is 1. The molecule has 0 unspecified atom stereocenters. The van der Waals surface area contributed by atoms with Crippen LogP contribution in [0.5, 0.6) is 0 Å². The van der Waals surface area contributed by atoms with Gasteiger partial charge in [-0.3, -0.25) is 4.90 Å². The van der Waals surface area contributed by atoms with Gasteiger partial charge in [0, 0.05) is 32.2 Å². The molecule has 1 atom stereocenters. The zero-order valence-corrected chi connectivity index (χ0v) is 15.5. The molecule has 0 bridgehead atoms. The molecule has 1 fully saturated rings. The van der Waals surface area contributed by atoms with E-state index in [1.807, 2.05) is 0 Å². The van der Waals surface area contributed by atoms with Gasteiger partial charge in [-0.05, 0) is 40.1 Å². The summed E-state index contributed by atoms with van der Waals surface area (Å²) in [6.07, 6.45) is 0. The highest BCUT2D eigenvalue weighted by Crippen LogP contribution is 2.34. The molecule has 0 aliphatic carbocycles. The van der Waals surface area contributed by atoms with E-state index in [-0.39, 0.29) is 24.8 Å². The Balaban J connectivity index is 0.00000104. The van der Waals surface area contributed by atoms with Crippen molar-refractivity contribution in [1.82, 2.24) is 10.2 Å². The Morgan fingerprint density at radius 1 is 0.833 bits per heavy atom. The smallest absolute Gasteiger partial charge is 0.0327 e. The SMILES string of the molecule is C[C@@H](c1cc2ccccc2c2ccccc12)N1CCNCC1.Cl.Cl. The van der Waals surface area contributed by atoms with E-state index in [4.69, 9.17) is 0 Å². The molecule has 1 heterocycles. The maximum atomic E-state index is 3.45. The minimum atomic E-state index is 0. The molecule has 4 rings (SSSR count). The number of rotatable bonds is 2. The first kappa shape index (κ1) is 19.0. The van der Waals surface area contributed by atoms with E-state index in [0.29, 0.717) is 6.04 Å². The van der Waals surface area contributed by atoms with Gasteiger partial charge in [-0.2, -0.15) is 0 Å². The van der Waals surface area contributed by atoms with Crippen LogP contribution in [0.2, 0.25) is 0 Å². The first-order valence-corrected chi connectivity index (χ1v) is 8.20. The van der Waals surface area contributed by atoms with E-state index in [1.54, 1.807) is 0 Å². The Bertz CT molecular complexity index is 813. The van der Waals surface area contributed by atoms with E-state index < -0.39 is 0 Å². The molecule has 2 nitrogen and oxygen atoms in total. The van der Waals surface area contributed by atoms with Crippen molar-refractivity contribution in [3.8, 4) is 0 Å². The third-order valence-corrected chi connectivity index (χ3v) is 4.95. The lowest BCUT2D eigenvalue weighted by atomic mass is 9.93. The number of nitrogens with zero attached hydrogens (tertiary/aromatic N) is 1. The maximum Gasteiger partial charge on any atom is 0.0327 e. The molecule has 128 valence electrons. The molecule has 4 heteroatoms. The van der Waals surface area contributed by atoms with Gasteiger partial charge < -0.3 is 5.32 Å². The zero-order valence-electron chi connectivity index (χ0n) is 13.9. The molecule has 0 amide bonds. The summed E-state index contributed by atoms with van der Waals surface area (Å²) in [6.45, 7) is 6.79. The molecule has 0 aromatic heterocycles. The van der Waals surface area contributed by atoms with Gasteiger partial charge in [-0.1, -0.05) is 48.5 Å². The van der Waals surface area contributed by atoms with Crippen molar-refractivity contribution in [2.75, 3.05) is 26.2 Å². The lowest BCUT2D eigenvalue weighted by Crippen LogP contribution is -2.44. The van der Waals surface area contributed by atoms with Gasteiger partial charge in [0.2, 0.25) is 0 Å². The second-order valence-corrected chi connectivity index (χ2v) is 6.19. The molecule has 1 aliphatic rings. The Morgan fingerprint density at radius 2 is 1.42 bits per heavy atom. The third-order valence-electron chi connectivity index (χ3n) is 4.95. The van der Waals surface area contributed by atoms with Crippen molar-refractivity contribution in [1.29, 1.82) is 0 Å². The Kier molecular flexibility index (Phi) is 6.47. The fourth-order valence-electron chi connectivity index (χ4n) is 3.69. The number of nitrogens with one attached hydrogen (secondary N) is 1. The lowest BCUT2D eigenvalue weighted by molar-refractivity contribution is 0.186. The Labute approximate surface area is 156 Å². The summed E-state index contributed by atoms with van der Waals surface area (Å²) in [4.78, 5) is 2.59. The highest BCUT2D eigenvalue weighted by Gasteiger charge is 2.20. The quantitative estimate of drug-likeness (QED) is 0.658. The predicted molar refractivity (Wildman–Crippen MR) is 109 cm³/mol. The van der Waals surface area contributed by atoms with Crippen LogP contribution in [-0.2, 0) is 0 Å². The zero-order chi connectivity index (χ0) is 14.9. The summed E-state index contributed by atoms with van der Waals surface area (Å²) in [7, 11) is 0. The number of benzene rings is 3. The highest BCUT2D eigenvalue weighted by atomic mass is 35.5. The molecule has 3 aromatic rings. The van der Waals surface area contributed by atoms with E-state index in [2.05, 4.69) is 71.7 Å². The van der Waals surface area contributed by atoms with Crippen molar-refractivity contribution in [3.05, 3.63) is 60.2 Å². The maximum absolute atomic E-state index is 3.45. The standard InChI is InChI=1S/C20H22N2.2ClH/c1-15(22-12-10-21-11-13-22)20-14-16-6-2-3-7-17(16)18-8-4-5-9-19(18)20;;/h2-9,14-15,21H,10-13H2,1H3;2*1H/t15-;;/m0../s1. The monoisotopic (exact) mass is 362 g/mol. The average Bonchev–Trinajstić information content (AvgIpc) is 2.61. The van der Waals surface area contributed by atoms with Gasteiger partial charge in [0.1, 0.15) is 0 Å². The normalized spacial score (nSPS) is 16.4. The van der Waals surface area contributed by atoms with Crippen LogP contribution >= 0.6 is 24.8 Å². The third kappa shape index (κ3) is 3.38. The molecule has 1 saturated heterocycles. The number of halogens is 2. The van der Waals surface area contributed by atoms with E-state index in [1.165, 1.54) is 27.1 Å². The summed E-state index contributed by atoms with van der Waals surface area (Å²) in [5, 5.41) is 8.92. The minimum absolute atomic E-state index is 0. The largest absolute Gasteiger partial charge is 0.314 e. The van der Waals surface area contributed by atoms with Crippen LogP contribution in [0.15, 0.2) is 54.6 Å². The van der Waals surface area contributed by atoms with Crippen LogP contribution < -0.4 is 5.32 Å². The Hall–Kier alpha value is -1.32. The molecule has 24 heavy (non-hydrogen) atoms. The van der Waals surface area contributed by atoms with Crippen molar-refractivity contribution < 1.29 is 0 Å². The van der Waals surface area contributed by atoms with Crippen molar-refractivity contribution in [3.63, 3.8) is 0 Å². The van der Waals surface area contributed by atoms with Gasteiger partial charge >= 0.3 is 0 Å². The molecule has 0 saturated carbocycles. The van der Waals surface area contributed by atoms with Crippen LogP contribution in [0.4, 0.5) is 0 Å². The van der Waals surface area contributed by atoms with E-state index in [9.17, 15) is 0 Å². The van der Waals surface area contributed by atoms with Crippen LogP contribution in [0.1, 0.15) is 18.5 Å². The minimum Gasteiger partial charge on any atom is -0.314 e. The average molecular weight is 363 g/mol. The first-order chi connectivity index (χ1) is 10.8. The number of fused-ring (bicyclic) bond motifs is 3. The molecule has 0 spiro atoms. The van der Waals surface area contributed by atoms with Gasteiger partial charge in [0.25, 0.3) is 0 Å². The predicted octanol–water partition coefficient (Wildman–Crippen LogP) is 4.80. The fraction of sp³-hybridized carbons (Fsp3) is 0.300. The molecule has 1 aliphatic heterocycles. The molecular formula is C20H24Cl2N2. The second kappa shape index (κ2) is 8.17. The molecule has 3 aromatic carbocycles.